The molecule has 8 heteroatoms. The number of ether oxygens (including phenoxy) is 1. The largest absolute Gasteiger partial charge is 0.508 e. The molecule has 31 heavy (non-hydrogen) atoms. The molecule has 0 unspecified atom stereocenters. The number of halogens is 2. The van der Waals surface area contributed by atoms with E-state index in [2.05, 4.69) is 20.1 Å². The topological polar surface area (TPSA) is 60.3 Å². The smallest absolute Gasteiger partial charge is 0.193 e. The van der Waals surface area contributed by atoms with Crippen molar-refractivity contribution in [3.63, 3.8) is 0 Å². The molecule has 2 N–H and O–H groups in total. The van der Waals surface area contributed by atoms with Crippen LogP contribution in [0.25, 0.3) is 0 Å². The number of nitrogens with one attached hydrogen (secondary N) is 1. The second-order valence-corrected chi connectivity index (χ2v) is 7.48. The highest BCUT2D eigenvalue weighted by Crippen LogP contribution is 2.19. The zero-order valence-electron chi connectivity index (χ0n) is 18.2. The first-order valence-corrected chi connectivity index (χ1v) is 10.4. The summed E-state index contributed by atoms with van der Waals surface area (Å²) in [4.78, 5) is 9.02. The summed E-state index contributed by atoms with van der Waals surface area (Å²) in [6, 6.07) is 12.5. The quantitative estimate of drug-likeness (QED) is 0.243. The fraction of sp³-hybridized carbons (Fsp3) is 0.435. The van der Waals surface area contributed by atoms with Crippen molar-refractivity contribution >= 4 is 29.9 Å². The first-order chi connectivity index (χ1) is 14.6. The van der Waals surface area contributed by atoms with Crippen LogP contribution in [0, 0.1) is 5.82 Å². The predicted molar refractivity (Wildman–Crippen MR) is 133 cm³/mol. The Morgan fingerprint density at radius 3 is 2.39 bits per heavy atom. The summed E-state index contributed by atoms with van der Waals surface area (Å²) >= 11 is 0. The van der Waals surface area contributed by atoms with Gasteiger partial charge in [0, 0.05) is 46.3 Å². The zero-order valence-corrected chi connectivity index (χ0v) is 20.5. The molecule has 0 aromatic heterocycles. The number of phenolic OH excluding ortho intramolecular Hbond substituents is 1. The number of aromatic hydroxyl groups is 1. The molecule has 2 aromatic carbocycles. The van der Waals surface area contributed by atoms with Gasteiger partial charge in [-0.1, -0.05) is 18.2 Å². The van der Waals surface area contributed by atoms with E-state index in [4.69, 9.17) is 4.74 Å². The number of hydrogen-bond acceptors (Lipinski definition) is 4. The second kappa shape index (κ2) is 12.7. The molecule has 0 amide bonds. The first kappa shape index (κ1) is 25.2. The van der Waals surface area contributed by atoms with E-state index in [1.165, 1.54) is 12.7 Å². The van der Waals surface area contributed by atoms with Gasteiger partial charge in [-0.25, -0.2) is 4.39 Å². The molecule has 3 rings (SSSR count). The Kier molecular flexibility index (Phi) is 10.3. The van der Waals surface area contributed by atoms with Crippen molar-refractivity contribution < 1.29 is 14.2 Å². The van der Waals surface area contributed by atoms with Crippen LogP contribution < -0.4 is 10.1 Å². The van der Waals surface area contributed by atoms with E-state index in [1.54, 1.807) is 24.3 Å². The van der Waals surface area contributed by atoms with Crippen LogP contribution in [-0.2, 0) is 13.0 Å². The van der Waals surface area contributed by atoms with Crippen LogP contribution in [0.3, 0.4) is 0 Å². The molecule has 1 heterocycles. The van der Waals surface area contributed by atoms with Crippen LogP contribution in [0.2, 0.25) is 0 Å². The Bertz CT molecular complexity index is 840. The van der Waals surface area contributed by atoms with E-state index < -0.39 is 0 Å². The molecule has 0 bridgehead atoms. The molecule has 1 saturated heterocycles. The third kappa shape index (κ3) is 7.53. The van der Waals surface area contributed by atoms with Gasteiger partial charge in [0.2, 0.25) is 0 Å². The van der Waals surface area contributed by atoms with E-state index in [0.717, 1.165) is 63.6 Å². The average Bonchev–Trinajstić information content (AvgIpc) is 2.76. The van der Waals surface area contributed by atoms with Crippen molar-refractivity contribution in [1.82, 2.24) is 15.1 Å². The Labute approximate surface area is 201 Å². The Balaban J connectivity index is 0.00000341. The van der Waals surface area contributed by atoms with Gasteiger partial charge in [0.05, 0.1) is 7.11 Å². The summed E-state index contributed by atoms with van der Waals surface area (Å²) in [5.41, 5.74) is 2.17. The summed E-state index contributed by atoms with van der Waals surface area (Å²) in [7, 11) is 3.29. The highest BCUT2D eigenvalue weighted by molar-refractivity contribution is 14.0. The van der Waals surface area contributed by atoms with Crippen molar-refractivity contribution in [2.45, 2.75) is 19.4 Å². The molecule has 0 atom stereocenters. The van der Waals surface area contributed by atoms with E-state index in [-0.39, 0.29) is 35.5 Å². The van der Waals surface area contributed by atoms with Gasteiger partial charge in [-0.3, -0.25) is 9.89 Å². The van der Waals surface area contributed by atoms with E-state index in [1.807, 2.05) is 25.2 Å². The van der Waals surface area contributed by atoms with E-state index >= 15 is 0 Å². The minimum Gasteiger partial charge on any atom is -0.508 e. The maximum atomic E-state index is 13.9. The van der Waals surface area contributed by atoms with Crippen molar-refractivity contribution in [1.29, 1.82) is 0 Å². The van der Waals surface area contributed by atoms with Crippen molar-refractivity contribution in [3.05, 3.63) is 59.4 Å². The lowest BCUT2D eigenvalue weighted by Gasteiger charge is -2.36. The second-order valence-electron chi connectivity index (χ2n) is 7.48. The molecule has 170 valence electrons. The SMILES string of the molecule is CN=C(NCCCc1ccc(O)cc1)N1CCN(Cc2ccc(OC)c(F)c2)CC1.I. The Hall–Kier alpha value is -2.07. The van der Waals surface area contributed by atoms with Gasteiger partial charge in [-0.15, -0.1) is 24.0 Å². The monoisotopic (exact) mass is 542 g/mol. The molecule has 1 aliphatic rings. The fourth-order valence-corrected chi connectivity index (χ4v) is 3.67. The van der Waals surface area contributed by atoms with Gasteiger partial charge in [0.25, 0.3) is 0 Å². The number of nitrogens with zero attached hydrogens (tertiary/aromatic N) is 3. The van der Waals surface area contributed by atoms with E-state index in [9.17, 15) is 9.50 Å². The lowest BCUT2D eigenvalue weighted by molar-refractivity contribution is 0.172. The van der Waals surface area contributed by atoms with Gasteiger partial charge in [-0.2, -0.15) is 0 Å². The van der Waals surface area contributed by atoms with Crippen LogP contribution in [0.1, 0.15) is 17.5 Å². The van der Waals surface area contributed by atoms with Gasteiger partial charge in [0.15, 0.2) is 17.5 Å². The van der Waals surface area contributed by atoms with Crippen LogP contribution in [0.5, 0.6) is 11.5 Å². The standard InChI is InChI=1S/C23H31FN4O2.HI/c1-25-23(26-11-3-4-18-5-8-20(29)9-6-18)28-14-12-27(13-15-28)17-19-7-10-22(30-2)21(24)16-19;/h5-10,16,29H,3-4,11-15,17H2,1-2H3,(H,25,26);1H. The molecule has 1 aliphatic heterocycles. The molecule has 6 nitrogen and oxygen atoms in total. The normalized spacial score (nSPS) is 14.8. The number of rotatable bonds is 7. The molecule has 0 radical (unpaired) electrons. The molecule has 0 saturated carbocycles. The third-order valence-corrected chi connectivity index (χ3v) is 5.37. The third-order valence-electron chi connectivity index (χ3n) is 5.37. The minimum atomic E-state index is -0.314. The lowest BCUT2D eigenvalue weighted by Crippen LogP contribution is -2.52. The van der Waals surface area contributed by atoms with Crippen molar-refractivity contribution in [2.75, 3.05) is 46.9 Å². The number of methoxy groups -OCH3 is 1. The summed E-state index contributed by atoms with van der Waals surface area (Å²) in [5, 5.41) is 12.8. The van der Waals surface area contributed by atoms with Gasteiger partial charge in [0.1, 0.15) is 5.75 Å². The summed E-state index contributed by atoms with van der Waals surface area (Å²) < 4.78 is 18.9. The highest BCUT2D eigenvalue weighted by Gasteiger charge is 2.19. The average molecular weight is 542 g/mol. The zero-order chi connectivity index (χ0) is 21.3. The maximum Gasteiger partial charge on any atom is 0.193 e. The van der Waals surface area contributed by atoms with Gasteiger partial charge >= 0.3 is 0 Å². The molecular weight excluding hydrogens is 510 g/mol. The molecular formula is C23H32FIN4O2. The lowest BCUT2D eigenvalue weighted by atomic mass is 10.1. The van der Waals surface area contributed by atoms with Crippen LogP contribution in [0.15, 0.2) is 47.5 Å². The number of guanidine groups is 1. The van der Waals surface area contributed by atoms with Crippen molar-refractivity contribution in [2.24, 2.45) is 4.99 Å². The maximum absolute atomic E-state index is 13.9. The number of hydrogen-bond donors (Lipinski definition) is 2. The summed E-state index contributed by atoms with van der Waals surface area (Å²) in [6.07, 6.45) is 1.95. The number of piperazine rings is 1. The van der Waals surface area contributed by atoms with E-state index in [0.29, 0.717) is 5.75 Å². The minimum absolute atomic E-state index is 0. The molecule has 2 aromatic rings. The van der Waals surface area contributed by atoms with Crippen LogP contribution in [0.4, 0.5) is 4.39 Å². The van der Waals surface area contributed by atoms with Crippen molar-refractivity contribution in [3.8, 4) is 11.5 Å². The molecule has 1 fully saturated rings. The molecule has 0 spiro atoms. The molecule has 0 aliphatic carbocycles. The predicted octanol–water partition coefficient (Wildman–Crippen LogP) is 3.48. The fourth-order valence-electron chi connectivity index (χ4n) is 3.67. The number of aryl methyl sites for hydroxylation is 1. The number of phenols is 1. The Morgan fingerprint density at radius 2 is 1.77 bits per heavy atom. The van der Waals surface area contributed by atoms with Gasteiger partial charge < -0.3 is 20.1 Å². The summed E-state index contributed by atoms with van der Waals surface area (Å²) in [6.45, 7) is 5.16. The first-order valence-electron chi connectivity index (χ1n) is 10.4. The number of benzene rings is 2. The van der Waals surface area contributed by atoms with Gasteiger partial charge in [-0.05, 0) is 48.2 Å². The Morgan fingerprint density at radius 1 is 1.10 bits per heavy atom. The number of aliphatic imine (C=N–C) groups is 1. The summed E-state index contributed by atoms with van der Waals surface area (Å²) in [5.74, 6) is 1.19. The van der Waals surface area contributed by atoms with Crippen LogP contribution >= 0.6 is 24.0 Å². The van der Waals surface area contributed by atoms with Crippen LogP contribution in [-0.4, -0.2) is 67.7 Å². The highest BCUT2D eigenvalue weighted by atomic mass is 127.